The van der Waals surface area contributed by atoms with Gasteiger partial charge in [0.1, 0.15) is 0 Å². The third-order valence-electron chi connectivity index (χ3n) is 4.40. The van der Waals surface area contributed by atoms with Crippen LogP contribution in [0.5, 0.6) is 0 Å². The first kappa shape index (κ1) is 18.1. The quantitative estimate of drug-likeness (QED) is 0.579. The lowest BCUT2D eigenvalue weighted by atomic mass is 10.0. The summed E-state index contributed by atoms with van der Waals surface area (Å²) < 4.78 is 24.0. The Balaban J connectivity index is 1.92. The van der Waals surface area contributed by atoms with Gasteiger partial charge in [0.05, 0.1) is 22.5 Å². The van der Waals surface area contributed by atoms with Crippen molar-refractivity contribution in [2.24, 2.45) is 5.14 Å². The van der Waals surface area contributed by atoms with E-state index < -0.39 is 10.0 Å². The summed E-state index contributed by atoms with van der Waals surface area (Å²) in [6, 6.07) is 23.5. The maximum absolute atomic E-state index is 12.9. The first-order chi connectivity index (χ1) is 13.4. The van der Waals surface area contributed by atoms with Crippen molar-refractivity contribution in [2.75, 3.05) is 0 Å². The van der Waals surface area contributed by atoms with E-state index >= 15 is 0 Å². The number of rotatable bonds is 4. The van der Waals surface area contributed by atoms with Gasteiger partial charge >= 0.3 is 0 Å². The van der Waals surface area contributed by atoms with Gasteiger partial charge in [0.2, 0.25) is 10.0 Å². The van der Waals surface area contributed by atoms with Gasteiger partial charge in [0, 0.05) is 10.9 Å². The van der Waals surface area contributed by atoms with Crippen molar-refractivity contribution in [1.82, 2.24) is 9.78 Å². The van der Waals surface area contributed by atoms with Crippen LogP contribution >= 0.6 is 0 Å². The summed E-state index contributed by atoms with van der Waals surface area (Å²) in [5.41, 5.74) is 2.48. The van der Waals surface area contributed by atoms with E-state index in [9.17, 15) is 13.2 Å². The standard InChI is InChI=1S/C21H17N3O3S/c22-28(26,27)14-15-10-12-16(13-11-15)20-18-8-4-5-9-19(18)21(25)24(23-20)17-6-2-1-3-7-17/h1-13H,14H2,(H2,22,26,27). The van der Waals surface area contributed by atoms with E-state index in [1.165, 1.54) is 4.68 Å². The molecule has 4 rings (SSSR count). The van der Waals surface area contributed by atoms with Gasteiger partial charge in [0.15, 0.2) is 0 Å². The van der Waals surface area contributed by atoms with E-state index in [1.54, 1.807) is 30.3 Å². The molecule has 3 aromatic carbocycles. The molecule has 4 aromatic rings. The van der Waals surface area contributed by atoms with E-state index in [0.29, 0.717) is 22.3 Å². The minimum absolute atomic E-state index is 0.198. The van der Waals surface area contributed by atoms with Crippen LogP contribution in [-0.2, 0) is 15.8 Å². The van der Waals surface area contributed by atoms with Gasteiger partial charge in [-0.2, -0.15) is 9.78 Å². The summed E-state index contributed by atoms with van der Waals surface area (Å²) in [5, 5.41) is 11.0. The highest BCUT2D eigenvalue weighted by Gasteiger charge is 2.13. The summed E-state index contributed by atoms with van der Waals surface area (Å²) in [4.78, 5) is 12.9. The summed E-state index contributed by atoms with van der Waals surface area (Å²) in [5.74, 6) is -0.231. The Bertz CT molecular complexity index is 1310. The lowest BCUT2D eigenvalue weighted by Crippen LogP contribution is -2.22. The smallest absolute Gasteiger partial charge is 0.267 e. The molecule has 0 radical (unpaired) electrons. The van der Waals surface area contributed by atoms with Crippen molar-refractivity contribution in [3.05, 3.63) is 94.8 Å². The third kappa shape index (κ3) is 3.58. The maximum atomic E-state index is 12.9. The number of hydrogen-bond donors (Lipinski definition) is 1. The highest BCUT2D eigenvalue weighted by Crippen LogP contribution is 2.26. The van der Waals surface area contributed by atoms with Gasteiger partial charge in [-0.05, 0) is 23.8 Å². The van der Waals surface area contributed by atoms with Crippen LogP contribution in [0, 0.1) is 0 Å². The number of benzene rings is 3. The lowest BCUT2D eigenvalue weighted by Gasteiger charge is -2.11. The Kier molecular flexibility index (Phi) is 4.54. The highest BCUT2D eigenvalue weighted by molar-refractivity contribution is 7.88. The topological polar surface area (TPSA) is 95.1 Å². The van der Waals surface area contributed by atoms with Crippen LogP contribution in [0.15, 0.2) is 83.7 Å². The monoisotopic (exact) mass is 391 g/mol. The number of nitrogens with two attached hydrogens (primary N) is 1. The number of sulfonamides is 1. The Hall–Kier alpha value is -3.29. The zero-order chi connectivity index (χ0) is 19.7. The molecule has 0 atom stereocenters. The predicted molar refractivity (Wildman–Crippen MR) is 110 cm³/mol. The first-order valence-corrected chi connectivity index (χ1v) is 10.3. The molecule has 1 heterocycles. The second-order valence-electron chi connectivity index (χ2n) is 6.45. The van der Waals surface area contributed by atoms with Crippen molar-refractivity contribution in [1.29, 1.82) is 0 Å². The Morgan fingerprint density at radius 3 is 2.07 bits per heavy atom. The van der Waals surface area contributed by atoms with E-state index in [-0.39, 0.29) is 11.3 Å². The second-order valence-corrected chi connectivity index (χ2v) is 8.07. The molecular weight excluding hydrogens is 374 g/mol. The molecule has 140 valence electrons. The van der Waals surface area contributed by atoms with Gasteiger partial charge in [-0.3, -0.25) is 4.79 Å². The van der Waals surface area contributed by atoms with Crippen LogP contribution in [0.1, 0.15) is 5.56 Å². The maximum Gasteiger partial charge on any atom is 0.279 e. The van der Waals surface area contributed by atoms with E-state index in [2.05, 4.69) is 5.10 Å². The molecule has 6 nitrogen and oxygen atoms in total. The van der Waals surface area contributed by atoms with E-state index in [4.69, 9.17) is 5.14 Å². The van der Waals surface area contributed by atoms with Crippen molar-refractivity contribution in [3.8, 4) is 16.9 Å². The fourth-order valence-electron chi connectivity index (χ4n) is 3.14. The number of fused-ring (bicyclic) bond motifs is 1. The summed E-state index contributed by atoms with van der Waals surface area (Å²) >= 11 is 0. The molecule has 0 spiro atoms. The largest absolute Gasteiger partial charge is 0.279 e. The second kappa shape index (κ2) is 7.03. The molecular formula is C21H17N3O3S. The molecule has 28 heavy (non-hydrogen) atoms. The Labute approximate surface area is 161 Å². The molecule has 0 amide bonds. The van der Waals surface area contributed by atoms with Crippen molar-refractivity contribution in [3.63, 3.8) is 0 Å². The van der Waals surface area contributed by atoms with Crippen molar-refractivity contribution >= 4 is 20.8 Å². The molecule has 1 aromatic heterocycles. The fraction of sp³-hybridized carbons (Fsp3) is 0.0476. The van der Waals surface area contributed by atoms with Crippen LogP contribution in [-0.4, -0.2) is 18.2 Å². The molecule has 0 aliphatic carbocycles. The number of primary sulfonamides is 1. The van der Waals surface area contributed by atoms with Gasteiger partial charge in [-0.25, -0.2) is 13.6 Å². The van der Waals surface area contributed by atoms with E-state index in [1.807, 2.05) is 48.5 Å². The molecule has 0 aliphatic heterocycles. The zero-order valence-corrected chi connectivity index (χ0v) is 15.6. The number of nitrogens with zero attached hydrogens (tertiary/aromatic N) is 2. The zero-order valence-electron chi connectivity index (χ0n) is 14.8. The summed E-state index contributed by atoms with van der Waals surface area (Å²) in [6.45, 7) is 0. The third-order valence-corrected chi connectivity index (χ3v) is 5.14. The molecule has 2 N–H and O–H groups in total. The Morgan fingerprint density at radius 1 is 0.821 bits per heavy atom. The summed E-state index contributed by atoms with van der Waals surface area (Å²) in [6.07, 6.45) is 0. The normalized spacial score (nSPS) is 11.6. The molecule has 7 heteroatoms. The SMILES string of the molecule is NS(=O)(=O)Cc1ccc(-c2nn(-c3ccccc3)c(=O)c3ccccc23)cc1. The van der Waals surface area contributed by atoms with E-state index in [0.717, 1.165) is 10.9 Å². The van der Waals surface area contributed by atoms with Gasteiger partial charge < -0.3 is 0 Å². The van der Waals surface area contributed by atoms with Gasteiger partial charge in [-0.15, -0.1) is 0 Å². The molecule has 0 bridgehead atoms. The summed E-state index contributed by atoms with van der Waals surface area (Å²) in [7, 11) is -3.60. The van der Waals surface area contributed by atoms with Crippen molar-refractivity contribution < 1.29 is 8.42 Å². The fourth-order valence-corrected chi connectivity index (χ4v) is 3.80. The number of aromatic nitrogens is 2. The van der Waals surface area contributed by atoms with Gasteiger partial charge in [0.25, 0.3) is 5.56 Å². The minimum Gasteiger partial charge on any atom is -0.267 e. The first-order valence-electron chi connectivity index (χ1n) is 8.60. The van der Waals surface area contributed by atoms with Crippen LogP contribution in [0.2, 0.25) is 0 Å². The van der Waals surface area contributed by atoms with Crippen LogP contribution in [0.3, 0.4) is 0 Å². The van der Waals surface area contributed by atoms with Crippen LogP contribution in [0.4, 0.5) is 0 Å². The molecule has 0 saturated carbocycles. The average Bonchev–Trinajstić information content (AvgIpc) is 2.69. The average molecular weight is 391 g/mol. The number of hydrogen-bond acceptors (Lipinski definition) is 4. The highest BCUT2D eigenvalue weighted by atomic mass is 32.2. The molecule has 0 fully saturated rings. The predicted octanol–water partition coefficient (Wildman–Crippen LogP) is 2.84. The molecule has 0 saturated heterocycles. The minimum atomic E-state index is -3.60. The Morgan fingerprint density at radius 2 is 1.43 bits per heavy atom. The molecule has 0 unspecified atom stereocenters. The van der Waals surface area contributed by atoms with Crippen molar-refractivity contribution in [2.45, 2.75) is 5.75 Å². The van der Waals surface area contributed by atoms with Crippen LogP contribution in [0.25, 0.3) is 27.7 Å². The lowest BCUT2D eigenvalue weighted by molar-refractivity contribution is 0.597. The van der Waals surface area contributed by atoms with Crippen LogP contribution < -0.4 is 10.7 Å². The molecule has 0 aliphatic rings. The number of para-hydroxylation sites is 1. The van der Waals surface area contributed by atoms with Gasteiger partial charge in [-0.1, -0.05) is 60.7 Å².